The molecule has 0 saturated carbocycles. The Morgan fingerprint density at radius 3 is 2.68 bits per heavy atom. The molecule has 0 aliphatic carbocycles. The molecule has 9 heteroatoms. The lowest BCUT2D eigenvalue weighted by Crippen LogP contribution is -2.42. The second-order valence-electron chi connectivity index (χ2n) is 7.02. The van der Waals surface area contributed by atoms with E-state index in [9.17, 15) is 15.0 Å². The van der Waals surface area contributed by atoms with Crippen molar-refractivity contribution in [1.29, 1.82) is 0 Å². The predicted octanol–water partition coefficient (Wildman–Crippen LogP) is 2.46. The first-order valence-electron chi connectivity index (χ1n) is 9.52. The van der Waals surface area contributed by atoms with Crippen LogP contribution in [0.3, 0.4) is 0 Å². The molecule has 4 rings (SSSR count). The van der Waals surface area contributed by atoms with Crippen LogP contribution in [0.1, 0.15) is 22.2 Å². The summed E-state index contributed by atoms with van der Waals surface area (Å²) in [7, 11) is 0. The highest BCUT2D eigenvalue weighted by Gasteiger charge is 2.24. The minimum Gasteiger partial charge on any atom is -0.399 e. The number of anilines is 1. The van der Waals surface area contributed by atoms with Gasteiger partial charge in [-0.15, -0.1) is 0 Å². The summed E-state index contributed by atoms with van der Waals surface area (Å²) in [5, 5.41) is 27.8. The SMILES string of the molecule is Nc1ccc([C@@H](O)[C@@H](CO)NC(=O)c2ccn3ncc(-c4cccc(Cl)c4)c3n2)cc1. The number of halogens is 1. The Balaban J connectivity index is 1.59. The number of carbonyl (C=O) groups is 1. The van der Waals surface area contributed by atoms with Crippen molar-refractivity contribution in [3.05, 3.63) is 83.3 Å². The van der Waals surface area contributed by atoms with Crippen LogP contribution in [-0.2, 0) is 0 Å². The number of aliphatic hydroxyl groups is 2. The first kappa shape index (κ1) is 20.8. The lowest BCUT2D eigenvalue weighted by atomic mass is 10.0. The monoisotopic (exact) mass is 437 g/mol. The van der Waals surface area contributed by atoms with Gasteiger partial charge in [0, 0.05) is 22.5 Å². The van der Waals surface area contributed by atoms with Gasteiger partial charge in [-0.1, -0.05) is 35.9 Å². The van der Waals surface area contributed by atoms with E-state index in [0.717, 1.165) is 11.1 Å². The van der Waals surface area contributed by atoms with E-state index < -0.39 is 24.7 Å². The summed E-state index contributed by atoms with van der Waals surface area (Å²) in [4.78, 5) is 17.2. The second-order valence-corrected chi connectivity index (χ2v) is 7.46. The van der Waals surface area contributed by atoms with Crippen LogP contribution in [-0.4, -0.2) is 43.4 Å². The zero-order valence-electron chi connectivity index (χ0n) is 16.3. The smallest absolute Gasteiger partial charge is 0.270 e. The molecule has 31 heavy (non-hydrogen) atoms. The lowest BCUT2D eigenvalue weighted by molar-refractivity contribution is 0.0699. The minimum atomic E-state index is -1.12. The summed E-state index contributed by atoms with van der Waals surface area (Å²) in [5.41, 5.74) is 8.89. The lowest BCUT2D eigenvalue weighted by Gasteiger charge is -2.22. The molecular weight excluding hydrogens is 418 g/mol. The fourth-order valence-electron chi connectivity index (χ4n) is 3.25. The number of fused-ring (bicyclic) bond motifs is 1. The van der Waals surface area contributed by atoms with Crippen LogP contribution in [0.2, 0.25) is 5.02 Å². The zero-order valence-corrected chi connectivity index (χ0v) is 17.1. The molecule has 1 amide bonds. The highest BCUT2D eigenvalue weighted by molar-refractivity contribution is 6.30. The molecule has 2 atom stereocenters. The molecule has 2 aromatic carbocycles. The van der Waals surface area contributed by atoms with E-state index in [0.29, 0.717) is 21.9 Å². The Bertz CT molecular complexity index is 1230. The van der Waals surface area contributed by atoms with Gasteiger partial charge in [0.1, 0.15) is 11.8 Å². The number of hydrogen-bond donors (Lipinski definition) is 4. The van der Waals surface area contributed by atoms with Gasteiger partial charge >= 0.3 is 0 Å². The van der Waals surface area contributed by atoms with Crippen molar-refractivity contribution in [1.82, 2.24) is 19.9 Å². The topological polar surface area (TPSA) is 126 Å². The summed E-state index contributed by atoms with van der Waals surface area (Å²) in [6.45, 7) is -0.458. The molecule has 8 nitrogen and oxygen atoms in total. The van der Waals surface area contributed by atoms with E-state index in [1.807, 2.05) is 12.1 Å². The van der Waals surface area contributed by atoms with E-state index in [2.05, 4.69) is 15.4 Å². The number of aromatic nitrogens is 3. The first-order valence-corrected chi connectivity index (χ1v) is 9.89. The molecule has 5 N–H and O–H groups in total. The van der Waals surface area contributed by atoms with Crippen molar-refractivity contribution in [3.8, 4) is 11.1 Å². The van der Waals surface area contributed by atoms with E-state index >= 15 is 0 Å². The van der Waals surface area contributed by atoms with E-state index in [-0.39, 0.29) is 5.69 Å². The number of nitrogens with zero attached hydrogens (tertiary/aromatic N) is 3. The number of nitrogens with one attached hydrogen (secondary N) is 1. The zero-order chi connectivity index (χ0) is 22.0. The number of benzene rings is 2. The van der Waals surface area contributed by atoms with Gasteiger partial charge in [-0.05, 0) is 41.5 Å². The van der Waals surface area contributed by atoms with Crippen molar-refractivity contribution >= 4 is 28.8 Å². The molecule has 2 aromatic heterocycles. The van der Waals surface area contributed by atoms with Gasteiger partial charge in [-0.3, -0.25) is 4.79 Å². The second kappa shape index (κ2) is 8.73. The van der Waals surface area contributed by atoms with E-state index in [4.69, 9.17) is 17.3 Å². The van der Waals surface area contributed by atoms with Crippen LogP contribution < -0.4 is 11.1 Å². The fourth-order valence-corrected chi connectivity index (χ4v) is 3.44. The van der Waals surface area contributed by atoms with Crippen molar-refractivity contribution in [2.24, 2.45) is 0 Å². The molecule has 2 heterocycles. The molecule has 0 saturated heterocycles. The van der Waals surface area contributed by atoms with Crippen molar-refractivity contribution in [3.63, 3.8) is 0 Å². The molecule has 0 unspecified atom stereocenters. The highest BCUT2D eigenvalue weighted by Crippen LogP contribution is 2.26. The number of nitrogen functional groups attached to an aromatic ring is 1. The highest BCUT2D eigenvalue weighted by atomic mass is 35.5. The van der Waals surface area contributed by atoms with Gasteiger partial charge in [0.2, 0.25) is 0 Å². The normalized spacial score (nSPS) is 13.1. The Labute approximate surface area is 182 Å². The average Bonchev–Trinajstić information content (AvgIpc) is 3.20. The largest absolute Gasteiger partial charge is 0.399 e. The fraction of sp³-hybridized carbons (Fsp3) is 0.136. The van der Waals surface area contributed by atoms with Crippen LogP contribution in [0.4, 0.5) is 5.69 Å². The van der Waals surface area contributed by atoms with Gasteiger partial charge in [-0.25, -0.2) is 9.50 Å². The Morgan fingerprint density at radius 2 is 1.97 bits per heavy atom. The molecular formula is C22H20ClN5O3. The van der Waals surface area contributed by atoms with Crippen LogP contribution in [0, 0.1) is 0 Å². The van der Waals surface area contributed by atoms with Gasteiger partial charge in [0.05, 0.1) is 18.8 Å². The quantitative estimate of drug-likeness (QED) is 0.343. The van der Waals surface area contributed by atoms with Crippen molar-refractivity contribution in [2.45, 2.75) is 12.1 Å². The Morgan fingerprint density at radius 1 is 1.19 bits per heavy atom. The van der Waals surface area contributed by atoms with Gasteiger partial charge in [0.15, 0.2) is 5.65 Å². The van der Waals surface area contributed by atoms with Crippen LogP contribution in [0.25, 0.3) is 16.8 Å². The summed E-state index contributed by atoms with van der Waals surface area (Å²) in [6, 6.07) is 14.4. The molecule has 4 aromatic rings. The number of hydrogen-bond acceptors (Lipinski definition) is 6. The number of carbonyl (C=O) groups excluding carboxylic acids is 1. The molecule has 0 aliphatic rings. The standard InChI is InChI=1S/C22H20ClN5O3/c23-15-3-1-2-14(10-15)17-11-25-28-9-8-18(26-21(17)28)22(31)27-19(12-29)20(30)13-4-6-16(24)7-5-13/h1-11,19-20,29-30H,12,24H2,(H,27,31)/t19-,20-/m1/s1. The van der Waals surface area contributed by atoms with Gasteiger partial charge < -0.3 is 21.3 Å². The molecule has 0 bridgehead atoms. The number of aliphatic hydroxyl groups excluding tert-OH is 2. The maximum atomic E-state index is 12.8. The van der Waals surface area contributed by atoms with Gasteiger partial charge in [0.25, 0.3) is 5.91 Å². The average molecular weight is 438 g/mol. The summed E-state index contributed by atoms with van der Waals surface area (Å²) in [6.07, 6.45) is 2.16. The third-order valence-electron chi connectivity index (χ3n) is 4.91. The number of nitrogens with two attached hydrogens (primary N) is 1. The maximum Gasteiger partial charge on any atom is 0.270 e. The minimum absolute atomic E-state index is 0.124. The summed E-state index contributed by atoms with van der Waals surface area (Å²) in [5.74, 6) is -0.533. The first-order chi connectivity index (χ1) is 15.0. The number of rotatable bonds is 6. The molecule has 0 aliphatic heterocycles. The van der Waals surface area contributed by atoms with Crippen LogP contribution in [0.15, 0.2) is 67.0 Å². The van der Waals surface area contributed by atoms with Crippen LogP contribution >= 0.6 is 11.6 Å². The van der Waals surface area contributed by atoms with E-state index in [1.54, 1.807) is 53.3 Å². The molecule has 0 fully saturated rings. The van der Waals surface area contributed by atoms with Gasteiger partial charge in [-0.2, -0.15) is 5.10 Å². The molecule has 0 radical (unpaired) electrons. The maximum absolute atomic E-state index is 12.8. The molecule has 158 valence electrons. The van der Waals surface area contributed by atoms with Crippen LogP contribution in [0.5, 0.6) is 0 Å². The predicted molar refractivity (Wildman–Crippen MR) is 118 cm³/mol. The third kappa shape index (κ3) is 4.36. The van der Waals surface area contributed by atoms with Crippen molar-refractivity contribution < 1.29 is 15.0 Å². The summed E-state index contributed by atoms with van der Waals surface area (Å²) >= 11 is 6.09. The van der Waals surface area contributed by atoms with E-state index in [1.165, 1.54) is 6.07 Å². The molecule has 0 spiro atoms. The summed E-state index contributed by atoms with van der Waals surface area (Å²) < 4.78 is 1.56. The van der Waals surface area contributed by atoms with Crippen molar-refractivity contribution in [2.75, 3.05) is 12.3 Å². The third-order valence-corrected chi connectivity index (χ3v) is 5.14. The Kier molecular flexibility index (Phi) is 5.85. The Hall–Kier alpha value is -3.46. The number of amides is 1.